The zero-order chi connectivity index (χ0) is 17.4. The first kappa shape index (κ1) is 17.0. The van der Waals surface area contributed by atoms with Crippen molar-refractivity contribution in [3.8, 4) is 0 Å². The van der Waals surface area contributed by atoms with E-state index in [4.69, 9.17) is 5.11 Å². The molecule has 1 spiro atoms. The Labute approximate surface area is 141 Å². The van der Waals surface area contributed by atoms with Crippen molar-refractivity contribution in [2.45, 2.75) is 25.7 Å². The van der Waals surface area contributed by atoms with Crippen molar-refractivity contribution in [3.63, 3.8) is 0 Å². The highest BCUT2D eigenvalue weighted by molar-refractivity contribution is 7.91. The van der Waals surface area contributed by atoms with Crippen molar-refractivity contribution in [3.05, 3.63) is 35.4 Å². The predicted molar refractivity (Wildman–Crippen MR) is 88.5 cm³/mol. The highest BCUT2D eigenvalue weighted by Gasteiger charge is 2.59. The fourth-order valence-corrected chi connectivity index (χ4v) is 5.17. The molecule has 1 saturated heterocycles. The molecule has 0 aromatic heterocycles. The molecule has 7 heteroatoms. The summed E-state index contributed by atoms with van der Waals surface area (Å²) >= 11 is 0. The van der Waals surface area contributed by atoms with Crippen LogP contribution in [-0.4, -0.2) is 43.5 Å². The average molecular weight is 351 g/mol. The largest absolute Gasteiger partial charge is 0.478 e. The van der Waals surface area contributed by atoms with Crippen molar-refractivity contribution in [1.29, 1.82) is 0 Å². The van der Waals surface area contributed by atoms with E-state index in [0.717, 1.165) is 12.0 Å². The molecule has 1 aromatic carbocycles. The van der Waals surface area contributed by atoms with Crippen LogP contribution in [-0.2, 0) is 21.1 Å². The van der Waals surface area contributed by atoms with Crippen LogP contribution in [0.1, 0.15) is 35.2 Å². The number of nitrogens with one attached hydrogen (secondary N) is 1. The summed E-state index contributed by atoms with van der Waals surface area (Å²) in [5.41, 5.74) is 1.01. The molecule has 1 aromatic rings. The molecular weight excluding hydrogens is 330 g/mol. The summed E-state index contributed by atoms with van der Waals surface area (Å²) in [6.45, 7) is 0.451. The fraction of sp³-hybridized carbons (Fsp3) is 0.529. The number of hydrogen-bond donors (Lipinski definition) is 2. The van der Waals surface area contributed by atoms with Crippen molar-refractivity contribution in [2.75, 3.05) is 18.1 Å². The third-order valence-corrected chi connectivity index (χ3v) is 6.87. The Morgan fingerprint density at radius 2 is 1.96 bits per heavy atom. The maximum atomic E-state index is 12.3. The third kappa shape index (κ3) is 3.61. The smallest absolute Gasteiger partial charge is 0.335 e. The van der Waals surface area contributed by atoms with Crippen molar-refractivity contribution in [2.24, 2.45) is 11.3 Å². The van der Waals surface area contributed by atoms with E-state index in [1.165, 1.54) is 6.07 Å². The van der Waals surface area contributed by atoms with E-state index in [1.807, 2.05) is 6.07 Å². The van der Waals surface area contributed by atoms with Gasteiger partial charge in [0.05, 0.1) is 17.1 Å². The standard InChI is InChI=1S/C17H21NO5S/c19-15(14-11-17(14)5-8-24(22,23)9-6-17)18-7-4-12-2-1-3-13(10-12)16(20)21/h1-3,10,14H,4-9,11H2,(H,18,19)(H,20,21). The molecule has 1 saturated carbocycles. The summed E-state index contributed by atoms with van der Waals surface area (Å²) in [4.78, 5) is 23.2. The first-order chi connectivity index (χ1) is 11.3. The quantitative estimate of drug-likeness (QED) is 0.832. The van der Waals surface area contributed by atoms with E-state index in [9.17, 15) is 18.0 Å². The topological polar surface area (TPSA) is 101 Å². The van der Waals surface area contributed by atoms with Crippen LogP contribution in [0.15, 0.2) is 24.3 Å². The number of sulfone groups is 1. The molecular formula is C17H21NO5S. The lowest BCUT2D eigenvalue weighted by molar-refractivity contribution is -0.123. The highest BCUT2D eigenvalue weighted by atomic mass is 32.2. The Hall–Kier alpha value is -1.89. The van der Waals surface area contributed by atoms with E-state index in [-0.39, 0.29) is 34.3 Å². The molecule has 24 heavy (non-hydrogen) atoms. The predicted octanol–water partition coefficient (Wildman–Crippen LogP) is 1.26. The molecule has 2 fully saturated rings. The second kappa shape index (κ2) is 6.20. The Morgan fingerprint density at radius 3 is 2.62 bits per heavy atom. The number of carbonyl (C=O) groups is 2. The normalized spacial score (nSPS) is 23.6. The number of rotatable bonds is 5. The number of hydrogen-bond acceptors (Lipinski definition) is 4. The lowest BCUT2D eigenvalue weighted by atomic mass is 9.96. The minimum Gasteiger partial charge on any atom is -0.478 e. The molecule has 1 amide bonds. The van der Waals surface area contributed by atoms with Crippen LogP contribution >= 0.6 is 0 Å². The lowest BCUT2D eigenvalue weighted by Gasteiger charge is -2.22. The minimum atomic E-state index is -2.91. The summed E-state index contributed by atoms with van der Waals surface area (Å²) in [6, 6.07) is 6.68. The van der Waals surface area contributed by atoms with E-state index in [0.29, 0.717) is 25.8 Å². The van der Waals surface area contributed by atoms with Gasteiger partial charge in [0.15, 0.2) is 0 Å². The van der Waals surface area contributed by atoms with Crippen LogP contribution < -0.4 is 5.32 Å². The minimum absolute atomic E-state index is 0.0105. The first-order valence-electron chi connectivity index (χ1n) is 8.12. The first-order valence-corrected chi connectivity index (χ1v) is 9.94. The molecule has 0 radical (unpaired) electrons. The number of benzene rings is 1. The number of carboxylic acid groups (broad SMARTS) is 1. The monoisotopic (exact) mass is 351 g/mol. The number of amides is 1. The Bertz CT molecular complexity index is 757. The molecule has 2 aliphatic rings. The summed E-state index contributed by atoms with van der Waals surface area (Å²) < 4.78 is 23.0. The van der Waals surface area contributed by atoms with E-state index < -0.39 is 15.8 Å². The zero-order valence-corrected chi connectivity index (χ0v) is 14.1. The zero-order valence-electron chi connectivity index (χ0n) is 13.3. The SMILES string of the molecule is O=C(O)c1cccc(CCNC(=O)C2CC23CCS(=O)(=O)CC3)c1. The molecule has 0 bridgehead atoms. The van der Waals surface area contributed by atoms with Crippen LogP contribution in [0.4, 0.5) is 0 Å². The van der Waals surface area contributed by atoms with E-state index in [2.05, 4.69) is 5.32 Å². The Kier molecular flexibility index (Phi) is 4.38. The Balaban J connectivity index is 1.47. The molecule has 1 heterocycles. The second-order valence-electron chi connectivity index (χ2n) is 6.82. The number of aromatic carboxylic acids is 1. The molecule has 6 nitrogen and oxygen atoms in total. The van der Waals surface area contributed by atoms with Gasteiger partial charge in [0.25, 0.3) is 0 Å². The van der Waals surface area contributed by atoms with Gasteiger partial charge in [0, 0.05) is 12.5 Å². The van der Waals surface area contributed by atoms with Crippen LogP contribution in [0.2, 0.25) is 0 Å². The van der Waals surface area contributed by atoms with Gasteiger partial charge in [-0.1, -0.05) is 12.1 Å². The average Bonchev–Trinajstić information content (AvgIpc) is 3.25. The molecule has 1 aliphatic heterocycles. The molecule has 1 aliphatic carbocycles. The van der Waals surface area contributed by atoms with Crippen molar-refractivity contribution in [1.82, 2.24) is 5.32 Å². The maximum absolute atomic E-state index is 12.3. The van der Waals surface area contributed by atoms with Gasteiger partial charge in [-0.25, -0.2) is 13.2 Å². The van der Waals surface area contributed by atoms with Crippen LogP contribution in [0.3, 0.4) is 0 Å². The van der Waals surface area contributed by atoms with Crippen LogP contribution in [0.25, 0.3) is 0 Å². The van der Waals surface area contributed by atoms with Crippen molar-refractivity contribution < 1.29 is 23.1 Å². The summed E-state index contributed by atoms with van der Waals surface area (Å²) in [6.07, 6.45) is 2.53. The van der Waals surface area contributed by atoms with Gasteiger partial charge in [-0.2, -0.15) is 0 Å². The van der Waals surface area contributed by atoms with Crippen molar-refractivity contribution >= 4 is 21.7 Å². The molecule has 130 valence electrons. The Morgan fingerprint density at radius 1 is 1.25 bits per heavy atom. The summed E-state index contributed by atoms with van der Waals surface area (Å²) in [7, 11) is -2.91. The maximum Gasteiger partial charge on any atom is 0.335 e. The number of carboxylic acids is 1. The third-order valence-electron chi connectivity index (χ3n) is 5.21. The molecule has 2 N–H and O–H groups in total. The van der Waals surface area contributed by atoms with Gasteiger partial charge in [-0.15, -0.1) is 0 Å². The fourth-order valence-electron chi connectivity index (χ4n) is 3.53. The highest BCUT2D eigenvalue weighted by Crippen LogP contribution is 2.59. The van der Waals surface area contributed by atoms with E-state index in [1.54, 1.807) is 12.1 Å². The molecule has 3 rings (SSSR count). The van der Waals surface area contributed by atoms with E-state index >= 15 is 0 Å². The van der Waals surface area contributed by atoms with Gasteiger partial charge >= 0.3 is 5.97 Å². The lowest BCUT2D eigenvalue weighted by Crippen LogP contribution is -2.32. The van der Waals surface area contributed by atoms with Gasteiger partial charge < -0.3 is 10.4 Å². The number of carbonyl (C=O) groups excluding carboxylic acids is 1. The van der Waals surface area contributed by atoms with Crippen LogP contribution in [0, 0.1) is 11.3 Å². The summed E-state index contributed by atoms with van der Waals surface area (Å²) in [5.74, 6) is -0.660. The molecule has 1 atom stereocenters. The molecule has 1 unspecified atom stereocenters. The van der Waals surface area contributed by atoms with Crippen LogP contribution in [0.5, 0.6) is 0 Å². The van der Waals surface area contributed by atoms with Gasteiger partial charge in [0.1, 0.15) is 9.84 Å². The van der Waals surface area contributed by atoms with Gasteiger partial charge in [-0.05, 0) is 48.8 Å². The van der Waals surface area contributed by atoms with Gasteiger partial charge in [-0.3, -0.25) is 4.79 Å². The summed E-state index contributed by atoms with van der Waals surface area (Å²) in [5, 5.41) is 11.9. The van der Waals surface area contributed by atoms with Gasteiger partial charge in [0.2, 0.25) is 5.91 Å². The second-order valence-corrected chi connectivity index (χ2v) is 9.12.